The molecule has 2 rings (SSSR count). The molecule has 0 N–H and O–H groups in total. The molecular formula is C15H13FO. The van der Waals surface area contributed by atoms with Crippen LogP contribution < -0.4 is 0 Å². The molecule has 0 atom stereocenters. The van der Waals surface area contributed by atoms with Gasteiger partial charge in [-0.3, -0.25) is 4.79 Å². The summed E-state index contributed by atoms with van der Waals surface area (Å²) < 4.78 is 13.5. The monoisotopic (exact) mass is 228 g/mol. The molecule has 0 amide bonds. The number of halogens is 1. The molecule has 0 saturated heterocycles. The van der Waals surface area contributed by atoms with E-state index in [1.165, 1.54) is 17.7 Å². The predicted octanol–water partition coefficient (Wildman–Crippen LogP) is 3.92. The highest BCUT2D eigenvalue weighted by molar-refractivity contribution is 5.78. The van der Waals surface area contributed by atoms with Gasteiger partial charge in [-0.25, -0.2) is 4.39 Å². The summed E-state index contributed by atoms with van der Waals surface area (Å²) in [5.41, 5.74) is 4.16. The molecule has 0 aliphatic heterocycles. The summed E-state index contributed by atoms with van der Waals surface area (Å²) in [6.07, 6.45) is 0.529. The van der Waals surface area contributed by atoms with Crippen LogP contribution in [0, 0.1) is 19.7 Å². The van der Waals surface area contributed by atoms with Crippen molar-refractivity contribution in [3.05, 3.63) is 58.9 Å². The minimum atomic E-state index is -0.475. The van der Waals surface area contributed by atoms with E-state index >= 15 is 0 Å². The van der Waals surface area contributed by atoms with Crippen molar-refractivity contribution in [2.75, 3.05) is 0 Å². The number of benzene rings is 2. The van der Waals surface area contributed by atoms with Gasteiger partial charge in [0.2, 0.25) is 0 Å². The third-order valence-corrected chi connectivity index (χ3v) is 2.82. The van der Waals surface area contributed by atoms with Crippen molar-refractivity contribution < 1.29 is 9.18 Å². The summed E-state index contributed by atoms with van der Waals surface area (Å²) in [5.74, 6) is -0.475. The molecule has 0 aliphatic rings. The zero-order chi connectivity index (χ0) is 12.4. The predicted molar refractivity (Wildman–Crippen MR) is 66.7 cm³/mol. The fraction of sp³-hybridized carbons (Fsp3) is 0.133. The second kappa shape index (κ2) is 4.50. The number of aldehydes is 1. The van der Waals surface area contributed by atoms with Gasteiger partial charge < -0.3 is 0 Å². The number of rotatable bonds is 2. The Labute approximate surface area is 99.9 Å². The van der Waals surface area contributed by atoms with Crippen molar-refractivity contribution >= 4 is 6.29 Å². The SMILES string of the molecule is Cc1ccc(-c2ccc(C=O)c(F)c2)c(C)c1. The van der Waals surface area contributed by atoms with Crippen LogP contribution in [0.2, 0.25) is 0 Å². The topological polar surface area (TPSA) is 17.1 Å². The average molecular weight is 228 g/mol. The van der Waals surface area contributed by atoms with E-state index in [0.29, 0.717) is 6.29 Å². The standard InChI is InChI=1S/C15H13FO/c1-10-3-6-14(11(2)7-10)12-4-5-13(9-17)15(16)8-12/h3-9H,1-2H3. The zero-order valence-electron chi connectivity index (χ0n) is 9.83. The first-order valence-corrected chi connectivity index (χ1v) is 5.44. The van der Waals surface area contributed by atoms with Gasteiger partial charge in [0.05, 0.1) is 5.56 Å². The first-order chi connectivity index (χ1) is 8.11. The summed E-state index contributed by atoms with van der Waals surface area (Å²) in [4.78, 5) is 10.5. The Morgan fingerprint density at radius 1 is 1.06 bits per heavy atom. The lowest BCUT2D eigenvalue weighted by molar-refractivity contribution is 0.112. The van der Waals surface area contributed by atoms with Crippen molar-refractivity contribution in [3.63, 3.8) is 0 Å². The molecule has 0 aliphatic carbocycles. The lowest BCUT2D eigenvalue weighted by Crippen LogP contribution is -1.90. The minimum absolute atomic E-state index is 0.0958. The first kappa shape index (κ1) is 11.5. The minimum Gasteiger partial charge on any atom is -0.298 e. The molecule has 0 aromatic heterocycles. The third-order valence-electron chi connectivity index (χ3n) is 2.82. The van der Waals surface area contributed by atoms with Crippen LogP contribution in [0.3, 0.4) is 0 Å². The second-order valence-corrected chi connectivity index (χ2v) is 4.17. The highest BCUT2D eigenvalue weighted by atomic mass is 19.1. The van der Waals surface area contributed by atoms with Gasteiger partial charge in [-0.1, -0.05) is 29.8 Å². The van der Waals surface area contributed by atoms with Gasteiger partial charge in [0.1, 0.15) is 5.82 Å². The lowest BCUT2D eigenvalue weighted by atomic mass is 9.98. The summed E-state index contributed by atoms with van der Waals surface area (Å²) in [6.45, 7) is 4.01. The average Bonchev–Trinajstić information content (AvgIpc) is 2.29. The van der Waals surface area contributed by atoms with Crippen LogP contribution in [-0.2, 0) is 0 Å². The van der Waals surface area contributed by atoms with Gasteiger partial charge in [0, 0.05) is 0 Å². The fourth-order valence-corrected chi connectivity index (χ4v) is 1.93. The van der Waals surface area contributed by atoms with E-state index in [0.717, 1.165) is 16.7 Å². The molecule has 0 unspecified atom stereocenters. The molecule has 2 heteroatoms. The molecule has 1 nitrogen and oxygen atoms in total. The number of hydrogen-bond donors (Lipinski definition) is 0. The summed E-state index contributed by atoms with van der Waals surface area (Å²) in [7, 11) is 0. The second-order valence-electron chi connectivity index (χ2n) is 4.17. The largest absolute Gasteiger partial charge is 0.298 e. The number of carbonyl (C=O) groups is 1. The highest BCUT2D eigenvalue weighted by Gasteiger charge is 2.06. The van der Waals surface area contributed by atoms with Crippen molar-refractivity contribution in [1.29, 1.82) is 0 Å². The molecule has 0 spiro atoms. The van der Waals surface area contributed by atoms with Crippen LogP contribution in [0.1, 0.15) is 21.5 Å². The van der Waals surface area contributed by atoms with E-state index < -0.39 is 5.82 Å². The molecule has 2 aromatic rings. The Bertz CT molecular complexity index is 573. The van der Waals surface area contributed by atoms with Crippen LogP contribution in [0.25, 0.3) is 11.1 Å². The van der Waals surface area contributed by atoms with Gasteiger partial charge >= 0.3 is 0 Å². The van der Waals surface area contributed by atoms with E-state index in [1.54, 1.807) is 6.07 Å². The fourth-order valence-electron chi connectivity index (χ4n) is 1.93. The van der Waals surface area contributed by atoms with Crippen molar-refractivity contribution in [1.82, 2.24) is 0 Å². The molecule has 2 aromatic carbocycles. The Morgan fingerprint density at radius 2 is 1.82 bits per heavy atom. The van der Waals surface area contributed by atoms with Crippen LogP contribution >= 0.6 is 0 Å². The quantitative estimate of drug-likeness (QED) is 0.712. The van der Waals surface area contributed by atoms with Gasteiger partial charge in [-0.15, -0.1) is 0 Å². The van der Waals surface area contributed by atoms with E-state index in [2.05, 4.69) is 6.07 Å². The Hall–Kier alpha value is -1.96. The zero-order valence-corrected chi connectivity index (χ0v) is 9.83. The Morgan fingerprint density at radius 3 is 2.41 bits per heavy atom. The van der Waals surface area contributed by atoms with Crippen molar-refractivity contribution in [3.8, 4) is 11.1 Å². The summed E-state index contributed by atoms with van der Waals surface area (Å²) in [6, 6.07) is 10.7. The normalized spacial score (nSPS) is 10.3. The van der Waals surface area contributed by atoms with Crippen molar-refractivity contribution in [2.45, 2.75) is 13.8 Å². The highest BCUT2D eigenvalue weighted by Crippen LogP contribution is 2.25. The van der Waals surface area contributed by atoms with Crippen LogP contribution in [0.4, 0.5) is 4.39 Å². The molecule has 0 saturated carbocycles. The number of carbonyl (C=O) groups excluding carboxylic acids is 1. The molecule has 0 bridgehead atoms. The Kier molecular flexibility index (Phi) is 3.05. The van der Waals surface area contributed by atoms with Gasteiger partial charge in [-0.2, -0.15) is 0 Å². The maximum Gasteiger partial charge on any atom is 0.152 e. The van der Waals surface area contributed by atoms with Crippen LogP contribution in [0.5, 0.6) is 0 Å². The molecule has 0 fully saturated rings. The first-order valence-electron chi connectivity index (χ1n) is 5.44. The maximum absolute atomic E-state index is 13.5. The molecule has 86 valence electrons. The van der Waals surface area contributed by atoms with E-state index in [-0.39, 0.29) is 5.56 Å². The van der Waals surface area contributed by atoms with E-state index in [4.69, 9.17) is 0 Å². The van der Waals surface area contributed by atoms with Crippen LogP contribution in [-0.4, -0.2) is 6.29 Å². The van der Waals surface area contributed by atoms with Crippen molar-refractivity contribution in [2.24, 2.45) is 0 Å². The van der Waals surface area contributed by atoms with Crippen LogP contribution in [0.15, 0.2) is 36.4 Å². The lowest BCUT2D eigenvalue weighted by Gasteiger charge is -2.07. The van der Waals surface area contributed by atoms with E-state index in [9.17, 15) is 9.18 Å². The molecule has 17 heavy (non-hydrogen) atoms. The smallest absolute Gasteiger partial charge is 0.152 e. The summed E-state index contributed by atoms with van der Waals surface area (Å²) in [5, 5.41) is 0. The van der Waals surface area contributed by atoms with Gasteiger partial charge in [0.15, 0.2) is 6.29 Å². The summed E-state index contributed by atoms with van der Waals surface area (Å²) >= 11 is 0. The Balaban J connectivity index is 2.53. The van der Waals surface area contributed by atoms with E-state index in [1.807, 2.05) is 26.0 Å². The molecular weight excluding hydrogens is 215 g/mol. The van der Waals surface area contributed by atoms with Gasteiger partial charge in [0.25, 0.3) is 0 Å². The molecule has 0 heterocycles. The number of hydrogen-bond acceptors (Lipinski definition) is 1. The van der Waals surface area contributed by atoms with Gasteiger partial charge in [-0.05, 0) is 42.7 Å². The number of aryl methyl sites for hydroxylation is 2. The molecule has 0 radical (unpaired) electrons. The third kappa shape index (κ3) is 2.26. The maximum atomic E-state index is 13.5.